The SMILES string of the molecule is C=CN=C(/C=C\C)Oc1ccc(C=O)cc1. The minimum absolute atomic E-state index is 0.455. The summed E-state index contributed by atoms with van der Waals surface area (Å²) in [5, 5.41) is 0. The number of benzene rings is 1. The molecule has 0 saturated carbocycles. The summed E-state index contributed by atoms with van der Waals surface area (Å²) in [6.45, 7) is 5.38. The standard InChI is InChI=1S/C13H13NO2/c1-3-5-13(14-4-2)16-12-8-6-11(10-15)7-9-12/h3-10H,2H2,1H3/b5-3-,14-13?. The van der Waals surface area contributed by atoms with E-state index < -0.39 is 0 Å². The Morgan fingerprint density at radius 1 is 1.38 bits per heavy atom. The van der Waals surface area contributed by atoms with Crippen LogP contribution in [0.4, 0.5) is 0 Å². The summed E-state index contributed by atoms with van der Waals surface area (Å²) in [6.07, 6.45) is 5.75. The van der Waals surface area contributed by atoms with Crippen LogP contribution in [0.1, 0.15) is 17.3 Å². The molecular formula is C13H13NO2. The van der Waals surface area contributed by atoms with Gasteiger partial charge in [-0.3, -0.25) is 4.79 Å². The summed E-state index contributed by atoms with van der Waals surface area (Å²) >= 11 is 0. The number of allylic oxidation sites excluding steroid dienone is 1. The second kappa shape index (κ2) is 6.35. The second-order valence-corrected chi connectivity index (χ2v) is 2.94. The Morgan fingerprint density at radius 2 is 2.06 bits per heavy atom. The lowest BCUT2D eigenvalue weighted by molar-refractivity contribution is 0.112. The molecule has 0 aliphatic carbocycles. The van der Waals surface area contributed by atoms with Crippen LogP contribution in [0.15, 0.2) is 54.2 Å². The molecule has 0 spiro atoms. The number of aldehydes is 1. The number of ether oxygens (including phenoxy) is 1. The van der Waals surface area contributed by atoms with Crippen molar-refractivity contribution in [1.82, 2.24) is 0 Å². The van der Waals surface area contributed by atoms with Gasteiger partial charge >= 0.3 is 0 Å². The molecule has 0 saturated heterocycles. The maximum atomic E-state index is 10.5. The lowest BCUT2D eigenvalue weighted by Crippen LogP contribution is -2.04. The van der Waals surface area contributed by atoms with Gasteiger partial charge in [0.25, 0.3) is 0 Å². The minimum Gasteiger partial charge on any atom is -0.439 e. The third-order valence-corrected chi connectivity index (χ3v) is 1.77. The van der Waals surface area contributed by atoms with Gasteiger partial charge in [0.1, 0.15) is 12.0 Å². The van der Waals surface area contributed by atoms with Gasteiger partial charge in [0, 0.05) is 11.8 Å². The van der Waals surface area contributed by atoms with Crippen molar-refractivity contribution in [3.63, 3.8) is 0 Å². The molecule has 1 aromatic carbocycles. The largest absolute Gasteiger partial charge is 0.439 e. The summed E-state index contributed by atoms with van der Waals surface area (Å²) in [6, 6.07) is 6.80. The number of hydrogen-bond donors (Lipinski definition) is 0. The normalized spacial score (nSPS) is 11.4. The van der Waals surface area contributed by atoms with Crippen molar-refractivity contribution in [3.8, 4) is 5.75 Å². The maximum absolute atomic E-state index is 10.5. The average Bonchev–Trinajstić information content (AvgIpc) is 2.31. The van der Waals surface area contributed by atoms with Gasteiger partial charge in [0.05, 0.1) is 0 Å². The van der Waals surface area contributed by atoms with Crippen molar-refractivity contribution in [3.05, 3.63) is 54.8 Å². The zero-order valence-electron chi connectivity index (χ0n) is 9.09. The van der Waals surface area contributed by atoms with Gasteiger partial charge in [0.15, 0.2) is 0 Å². The van der Waals surface area contributed by atoms with Gasteiger partial charge in [-0.2, -0.15) is 0 Å². The lowest BCUT2D eigenvalue weighted by Gasteiger charge is -2.04. The van der Waals surface area contributed by atoms with Crippen LogP contribution in [0, 0.1) is 0 Å². The summed E-state index contributed by atoms with van der Waals surface area (Å²) in [5.41, 5.74) is 0.612. The van der Waals surface area contributed by atoms with E-state index in [0.29, 0.717) is 17.2 Å². The van der Waals surface area contributed by atoms with Crippen molar-refractivity contribution in [2.75, 3.05) is 0 Å². The Hall–Kier alpha value is -2.16. The minimum atomic E-state index is 0.455. The van der Waals surface area contributed by atoms with Crippen molar-refractivity contribution in [1.29, 1.82) is 0 Å². The van der Waals surface area contributed by atoms with Crippen LogP contribution in [0.2, 0.25) is 0 Å². The molecule has 0 aromatic heterocycles. The van der Waals surface area contributed by atoms with E-state index >= 15 is 0 Å². The van der Waals surface area contributed by atoms with E-state index in [2.05, 4.69) is 11.6 Å². The molecule has 0 aliphatic rings. The van der Waals surface area contributed by atoms with Gasteiger partial charge in [-0.25, -0.2) is 4.99 Å². The number of carbonyl (C=O) groups excluding carboxylic acids is 1. The molecule has 1 aromatic rings. The van der Waals surface area contributed by atoms with Crippen LogP contribution in [-0.2, 0) is 0 Å². The zero-order chi connectivity index (χ0) is 11.8. The maximum Gasteiger partial charge on any atom is 0.218 e. The van der Waals surface area contributed by atoms with Crippen molar-refractivity contribution in [2.24, 2.45) is 4.99 Å². The Kier molecular flexibility index (Phi) is 4.73. The van der Waals surface area contributed by atoms with Crippen LogP contribution >= 0.6 is 0 Å². The van der Waals surface area contributed by atoms with E-state index in [-0.39, 0.29) is 0 Å². The summed E-state index contributed by atoms with van der Waals surface area (Å²) in [5.74, 6) is 1.08. The smallest absolute Gasteiger partial charge is 0.218 e. The molecule has 0 fully saturated rings. The van der Waals surface area contributed by atoms with Gasteiger partial charge in [-0.1, -0.05) is 12.7 Å². The van der Waals surface area contributed by atoms with E-state index in [1.807, 2.05) is 13.0 Å². The number of aliphatic imine (C=N–C) groups is 1. The number of rotatable bonds is 4. The molecule has 0 amide bonds. The number of carbonyl (C=O) groups is 1. The van der Waals surface area contributed by atoms with E-state index in [1.165, 1.54) is 6.20 Å². The van der Waals surface area contributed by atoms with Gasteiger partial charge in [-0.15, -0.1) is 0 Å². The fraction of sp³-hybridized carbons (Fsp3) is 0.0769. The molecule has 0 bridgehead atoms. The summed E-state index contributed by atoms with van der Waals surface area (Å²) < 4.78 is 5.47. The lowest BCUT2D eigenvalue weighted by atomic mass is 10.2. The molecule has 0 unspecified atom stereocenters. The Labute approximate surface area is 94.8 Å². The molecule has 16 heavy (non-hydrogen) atoms. The van der Waals surface area contributed by atoms with Crippen LogP contribution in [0.3, 0.4) is 0 Å². The highest BCUT2D eigenvalue weighted by atomic mass is 16.5. The molecule has 0 atom stereocenters. The Bertz CT molecular complexity index is 416. The van der Waals surface area contributed by atoms with Crippen molar-refractivity contribution >= 4 is 12.2 Å². The summed E-state index contributed by atoms with van der Waals surface area (Å²) in [4.78, 5) is 14.4. The molecule has 3 nitrogen and oxygen atoms in total. The first kappa shape index (κ1) is 11.9. The monoisotopic (exact) mass is 215 g/mol. The quantitative estimate of drug-likeness (QED) is 0.440. The fourth-order valence-corrected chi connectivity index (χ4v) is 1.07. The zero-order valence-corrected chi connectivity index (χ0v) is 9.09. The van der Waals surface area contributed by atoms with Crippen molar-refractivity contribution < 1.29 is 9.53 Å². The molecule has 0 heterocycles. The Balaban J connectivity index is 2.81. The molecule has 0 N–H and O–H groups in total. The Morgan fingerprint density at radius 3 is 2.56 bits per heavy atom. The molecule has 0 radical (unpaired) electrons. The van der Waals surface area contributed by atoms with Gasteiger partial charge in [-0.05, 0) is 37.3 Å². The predicted molar refractivity (Wildman–Crippen MR) is 64.9 cm³/mol. The first-order valence-corrected chi connectivity index (χ1v) is 4.84. The first-order chi connectivity index (χ1) is 7.80. The number of hydrogen-bond acceptors (Lipinski definition) is 3. The molecular weight excluding hydrogens is 202 g/mol. The third-order valence-electron chi connectivity index (χ3n) is 1.77. The number of nitrogens with zero attached hydrogens (tertiary/aromatic N) is 1. The fourth-order valence-electron chi connectivity index (χ4n) is 1.07. The molecule has 1 rings (SSSR count). The van der Waals surface area contributed by atoms with E-state index in [9.17, 15) is 4.79 Å². The van der Waals surface area contributed by atoms with Crippen LogP contribution in [0.25, 0.3) is 0 Å². The topological polar surface area (TPSA) is 38.7 Å². The summed E-state index contributed by atoms with van der Waals surface area (Å²) in [7, 11) is 0. The van der Waals surface area contributed by atoms with Gasteiger partial charge < -0.3 is 4.74 Å². The predicted octanol–water partition coefficient (Wildman–Crippen LogP) is 3.00. The molecule has 0 aliphatic heterocycles. The van der Waals surface area contributed by atoms with Crippen LogP contribution in [-0.4, -0.2) is 12.2 Å². The van der Waals surface area contributed by atoms with Crippen LogP contribution < -0.4 is 4.74 Å². The highest BCUT2D eigenvalue weighted by Gasteiger charge is 1.98. The van der Waals surface area contributed by atoms with E-state index in [4.69, 9.17) is 4.74 Å². The van der Waals surface area contributed by atoms with Crippen molar-refractivity contribution in [2.45, 2.75) is 6.92 Å². The van der Waals surface area contributed by atoms with Crippen LogP contribution in [0.5, 0.6) is 5.75 Å². The highest BCUT2D eigenvalue weighted by molar-refractivity contribution is 5.89. The second-order valence-electron chi connectivity index (χ2n) is 2.94. The van der Waals surface area contributed by atoms with E-state index in [1.54, 1.807) is 30.3 Å². The molecule has 3 heteroatoms. The highest BCUT2D eigenvalue weighted by Crippen LogP contribution is 2.11. The first-order valence-electron chi connectivity index (χ1n) is 4.84. The average molecular weight is 215 g/mol. The van der Waals surface area contributed by atoms with Gasteiger partial charge in [0.2, 0.25) is 5.90 Å². The molecule has 82 valence electrons. The third kappa shape index (κ3) is 3.53. The van der Waals surface area contributed by atoms with E-state index in [0.717, 1.165) is 6.29 Å².